The van der Waals surface area contributed by atoms with Crippen molar-refractivity contribution in [2.45, 2.75) is 50.3 Å². The number of β-amino-alcohol motifs (C(OH)–C–C–N with tert-alkyl or cyclic N) is 1. The minimum Gasteiger partial charge on any atom is -0.391 e. The molecular formula is C16H24N4O4. The molecular weight excluding hydrogens is 312 g/mol. The third-order valence-electron chi connectivity index (χ3n) is 5.56. The van der Waals surface area contributed by atoms with E-state index in [2.05, 4.69) is 15.0 Å². The highest BCUT2D eigenvalue weighted by atomic mass is 16.5. The molecule has 24 heavy (non-hydrogen) atoms. The number of aromatic nitrogens is 2. The van der Waals surface area contributed by atoms with Crippen molar-refractivity contribution in [3.8, 4) is 0 Å². The first kappa shape index (κ1) is 16.0. The molecule has 8 nitrogen and oxygen atoms in total. The van der Waals surface area contributed by atoms with Gasteiger partial charge < -0.3 is 19.3 Å². The number of aryl methyl sites for hydroxylation is 1. The summed E-state index contributed by atoms with van der Waals surface area (Å²) < 4.78 is 10.7. The Balaban J connectivity index is 1.59. The number of aliphatic hydroxyl groups excluding tert-OH is 1. The van der Waals surface area contributed by atoms with Crippen LogP contribution >= 0.6 is 0 Å². The number of hydrogen-bond donors (Lipinski definition) is 1. The summed E-state index contributed by atoms with van der Waals surface area (Å²) in [5, 5.41) is 14.0. The van der Waals surface area contributed by atoms with Crippen LogP contribution in [0.25, 0.3) is 0 Å². The third-order valence-corrected chi connectivity index (χ3v) is 5.56. The van der Waals surface area contributed by atoms with Gasteiger partial charge in [-0.25, -0.2) is 0 Å². The molecule has 2 atom stereocenters. The zero-order chi connectivity index (χ0) is 16.7. The smallest absolute Gasteiger partial charge is 0.249 e. The number of carbonyl (C=O) groups is 1. The standard InChI is InChI=1S/C16H24N4O4/c1-11-17-14(24-18-11)13-9-12(21)10-20(13)15(22)16(3-2-4-16)19-5-7-23-8-6-19/h12-13,21H,2-10H2,1H3/t12-,13+/m0/s1. The SMILES string of the molecule is Cc1noc([C@H]2C[C@H](O)CN2C(=O)C2(N3CCOCC3)CCC2)n1. The Kier molecular flexibility index (Phi) is 4.06. The summed E-state index contributed by atoms with van der Waals surface area (Å²) in [6, 6.07) is -0.327. The van der Waals surface area contributed by atoms with Crippen LogP contribution in [0.1, 0.15) is 43.4 Å². The molecule has 1 aromatic rings. The molecule has 8 heteroatoms. The lowest BCUT2D eigenvalue weighted by Gasteiger charge is -2.51. The predicted octanol–water partition coefficient (Wildman–Crippen LogP) is 0.267. The maximum Gasteiger partial charge on any atom is 0.249 e. The average molecular weight is 336 g/mol. The number of morpholine rings is 1. The van der Waals surface area contributed by atoms with E-state index in [1.54, 1.807) is 11.8 Å². The van der Waals surface area contributed by atoms with Gasteiger partial charge in [-0.15, -0.1) is 0 Å². The van der Waals surface area contributed by atoms with Gasteiger partial charge in [-0.3, -0.25) is 9.69 Å². The second-order valence-corrected chi connectivity index (χ2v) is 7.03. The van der Waals surface area contributed by atoms with Gasteiger partial charge in [0.2, 0.25) is 11.8 Å². The minimum absolute atomic E-state index is 0.0908. The Morgan fingerprint density at radius 3 is 2.67 bits per heavy atom. The van der Waals surface area contributed by atoms with Gasteiger partial charge in [0.15, 0.2) is 5.82 Å². The Bertz CT molecular complexity index is 609. The Morgan fingerprint density at radius 1 is 1.33 bits per heavy atom. The molecule has 3 heterocycles. The molecule has 2 aliphatic heterocycles. The lowest BCUT2D eigenvalue weighted by Crippen LogP contribution is -2.65. The van der Waals surface area contributed by atoms with Crippen LogP contribution in [0.15, 0.2) is 4.52 Å². The normalized spacial score (nSPS) is 30.3. The first-order chi connectivity index (χ1) is 11.6. The number of hydrogen-bond acceptors (Lipinski definition) is 7. The fourth-order valence-corrected chi connectivity index (χ4v) is 4.16. The van der Waals surface area contributed by atoms with Crippen LogP contribution in [0.2, 0.25) is 0 Å². The minimum atomic E-state index is -0.548. The van der Waals surface area contributed by atoms with Crippen LogP contribution in [0.4, 0.5) is 0 Å². The van der Waals surface area contributed by atoms with Gasteiger partial charge in [0, 0.05) is 26.1 Å². The second-order valence-electron chi connectivity index (χ2n) is 7.03. The van der Waals surface area contributed by atoms with Crippen molar-refractivity contribution in [2.24, 2.45) is 0 Å². The predicted molar refractivity (Wildman–Crippen MR) is 83.1 cm³/mol. The lowest BCUT2D eigenvalue weighted by atomic mass is 9.73. The zero-order valence-corrected chi connectivity index (χ0v) is 14.0. The van der Waals surface area contributed by atoms with E-state index >= 15 is 0 Å². The highest BCUT2D eigenvalue weighted by Gasteiger charge is 2.54. The topological polar surface area (TPSA) is 91.9 Å². The van der Waals surface area contributed by atoms with E-state index in [9.17, 15) is 9.90 Å². The Labute approximate surface area is 140 Å². The van der Waals surface area contributed by atoms with E-state index in [0.29, 0.717) is 37.9 Å². The van der Waals surface area contributed by atoms with Gasteiger partial charge in [0.05, 0.1) is 19.3 Å². The first-order valence-corrected chi connectivity index (χ1v) is 8.72. The number of carbonyl (C=O) groups excluding carboxylic acids is 1. The van der Waals surface area contributed by atoms with Crippen LogP contribution in [-0.2, 0) is 9.53 Å². The summed E-state index contributed by atoms with van der Waals surface area (Å²) in [6.07, 6.45) is 2.70. The summed E-state index contributed by atoms with van der Waals surface area (Å²) >= 11 is 0. The molecule has 1 saturated carbocycles. The second kappa shape index (κ2) is 6.09. The number of ether oxygens (including phenoxy) is 1. The van der Waals surface area contributed by atoms with Gasteiger partial charge in [0.25, 0.3) is 0 Å². The van der Waals surface area contributed by atoms with Gasteiger partial charge in [-0.1, -0.05) is 5.16 Å². The molecule has 132 valence electrons. The quantitative estimate of drug-likeness (QED) is 0.847. The van der Waals surface area contributed by atoms with E-state index in [4.69, 9.17) is 9.26 Å². The lowest BCUT2D eigenvalue weighted by molar-refractivity contribution is -0.157. The fraction of sp³-hybridized carbons (Fsp3) is 0.812. The van der Waals surface area contributed by atoms with Crippen LogP contribution in [0, 0.1) is 6.92 Å². The average Bonchev–Trinajstić information content (AvgIpc) is 3.13. The van der Waals surface area contributed by atoms with E-state index in [1.165, 1.54) is 0 Å². The molecule has 0 unspecified atom stereocenters. The van der Waals surface area contributed by atoms with Crippen molar-refractivity contribution < 1.29 is 19.2 Å². The molecule has 2 saturated heterocycles. The van der Waals surface area contributed by atoms with Crippen molar-refractivity contribution in [1.29, 1.82) is 0 Å². The summed E-state index contributed by atoms with van der Waals surface area (Å²) in [6.45, 7) is 5.00. The van der Waals surface area contributed by atoms with E-state index in [-0.39, 0.29) is 11.9 Å². The number of aliphatic hydroxyl groups is 1. The van der Waals surface area contributed by atoms with Crippen molar-refractivity contribution in [2.75, 3.05) is 32.8 Å². The van der Waals surface area contributed by atoms with Crippen molar-refractivity contribution in [3.05, 3.63) is 11.7 Å². The van der Waals surface area contributed by atoms with Gasteiger partial charge in [-0.05, 0) is 26.2 Å². The van der Waals surface area contributed by atoms with E-state index in [0.717, 1.165) is 32.4 Å². The number of rotatable bonds is 3. The molecule has 4 rings (SSSR count). The largest absolute Gasteiger partial charge is 0.391 e. The van der Waals surface area contributed by atoms with E-state index in [1.807, 2.05) is 0 Å². The molecule has 0 spiro atoms. The van der Waals surface area contributed by atoms with Crippen LogP contribution in [0.3, 0.4) is 0 Å². The highest BCUT2D eigenvalue weighted by molar-refractivity contribution is 5.88. The van der Waals surface area contributed by atoms with Crippen LogP contribution < -0.4 is 0 Å². The molecule has 3 fully saturated rings. The molecule has 1 aliphatic carbocycles. The monoisotopic (exact) mass is 336 g/mol. The van der Waals surface area contributed by atoms with Gasteiger partial charge in [-0.2, -0.15) is 4.98 Å². The summed E-state index contributed by atoms with van der Waals surface area (Å²) in [5.41, 5.74) is -0.443. The van der Waals surface area contributed by atoms with Crippen molar-refractivity contribution in [1.82, 2.24) is 19.9 Å². The third kappa shape index (κ3) is 2.53. The molecule has 1 amide bonds. The molecule has 1 aromatic heterocycles. The van der Waals surface area contributed by atoms with Gasteiger partial charge in [0.1, 0.15) is 11.6 Å². The molecule has 0 bridgehead atoms. The molecule has 0 aromatic carbocycles. The summed E-state index contributed by atoms with van der Waals surface area (Å²) in [5.74, 6) is 1.06. The van der Waals surface area contributed by atoms with Crippen molar-refractivity contribution >= 4 is 5.91 Å². The van der Waals surface area contributed by atoms with E-state index < -0.39 is 11.6 Å². The maximum absolute atomic E-state index is 13.4. The summed E-state index contributed by atoms with van der Waals surface area (Å²) in [4.78, 5) is 21.7. The number of amides is 1. The van der Waals surface area contributed by atoms with Crippen LogP contribution in [0.5, 0.6) is 0 Å². The van der Waals surface area contributed by atoms with Gasteiger partial charge >= 0.3 is 0 Å². The zero-order valence-electron chi connectivity index (χ0n) is 14.0. The first-order valence-electron chi connectivity index (χ1n) is 8.72. The molecule has 0 radical (unpaired) electrons. The Hall–Kier alpha value is -1.51. The maximum atomic E-state index is 13.4. The van der Waals surface area contributed by atoms with Crippen molar-refractivity contribution in [3.63, 3.8) is 0 Å². The molecule has 3 aliphatic rings. The molecule has 1 N–H and O–H groups in total. The summed E-state index contributed by atoms with van der Waals surface area (Å²) in [7, 11) is 0. The highest BCUT2D eigenvalue weighted by Crippen LogP contribution is 2.43. The number of nitrogens with zero attached hydrogens (tertiary/aromatic N) is 4. The fourth-order valence-electron chi connectivity index (χ4n) is 4.16. The van der Waals surface area contributed by atoms with Crippen LogP contribution in [-0.4, -0.2) is 75.4 Å². The number of likely N-dealkylation sites (tertiary alicyclic amines) is 1. The Morgan fingerprint density at radius 2 is 2.08 bits per heavy atom.